The molecule has 0 fully saturated rings. The predicted octanol–water partition coefficient (Wildman–Crippen LogP) is 13.2. The highest BCUT2D eigenvalue weighted by molar-refractivity contribution is 5.92. The van der Waals surface area contributed by atoms with Crippen molar-refractivity contribution < 1.29 is 4.74 Å². The Morgan fingerprint density at radius 3 is 1.40 bits per heavy atom. The summed E-state index contributed by atoms with van der Waals surface area (Å²) in [6.07, 6.45) is 0. The maximum atomic E-state index is 6.67. The van der Waals surface area contributed by atoms with Crippen molar-refractivity contribution in [2.45, 2.75) is 5.41 Å². The summed E-state index contributed by atoms with van der Waals surface area (Å²) in [6, 6.07) is 72.2. The lowest BCUT2D eigenvalue weighted by atomic mass is 9.65. The van der Waals surface area contributed by atoms with E-state index in [1.807, 2.05) is 66.7 Å². The van der Waals surface area contributed by atoms with Crippen molar-refractivity contribution >= 4 is 10.9 Å². The Morgan fingerprint density at radius 1 is 0.317 bits per heavy atom. The summed E-state index contributed by atoms with van der Waals surface area (Å²) in [6.45, 7) is 0. The van der Waals surface area contributed by atoms with Crippen LogP contribution in [-0.4, -0.2) is 19.9 Å². The molecule has 0 N–H and O–H groups in total. The zero-order valence-electron chi connectivity index (χ0n) is 32.3. The van der Waals surface area contributed by atoms with E-state index < -0.39 is 5.41 Å². The smallest absolute Gasteiger partial charge is 0.164 e. The molecular weight excluding hydrogens is 733 g/mol. The van der Waals surface area contributed by atoms with Gasteiger partial charge in [-0.2, -0.15) is 0 Å². The van der Waals surface area contributed by atoms with Gasteiger partial charge in [-0.15, -0.1) is 0 Å². The highest BCUT2D eigenvalue weighted by Gasteiger charge is 2.51. The summed E-state index contributed by atoms with van der Waals surface area (Å²) >= 11 is 0. The van der Waals surface area contributed by atoms with Crippen LogP contribution in [-0.2, 0) is 5.41 Å². The summed E-state index contributed by atoms with van der Waals surface area (Å²) in [5.74, 6) is 3.64. The van der Waals surface area contributed by atoms with Gasteiger partial charge in [-0.3, -0.25) is 0 Å². The fourth-order valence-corrected chi connectivity index (χ4v) is 9.21. The lowest BCUT2D eigenvalue weighted by Gasteiger charge is -2.39. The molecule has 1 aliphatic carbocycles. The van der Waals surface area contributed by atoms with Gasteiger partial charge >= 0.3 is 0 Å². The molecule has 8 aromatic carbocycles. The second-order valence-corrected chi connectivity index (χ2v) is 15.4. The third-order valence-electron chi connectivity index (χ3n) is 12.0. The number of fused-ring (bicyclic) bond motifs is 10. The highest BCUT2D eigenvalue weighted by atomic mass is 16.5. The number of hydrogen-bond acceptors (Lipinski definition) is 5. The third-order valence-corrected chi connectivity index (χ3v) is 12.0. The van der Waals surface area contributed by atoms with Crippen LogP contribution in [0.5, 0.6) is 11.5 Å². The minimum Gasteiger partial charge on any atom is -0.457 e. The zero-order chi connectivity index (χ0) is 39.6. The second kappa shape index (κ2) is 13.5. The van der Waals surface area contributed by atoms with E-state index in [2.05, 4.69) is 140 Å². The first-order valence-corrected chi connectivity index (χ1v) is 20.2. The molecule has 5 nitrogen and oxygen atoms in total. The molecule has 60 heavy (non-hydrogen) atoms. The normalized spacial score (nSPS) is 12.9. The molecule has 12 rings (SSSR count). The molecule has 0 saturated heterocycles. The van der Waals surface area contributed by atoms with Gasteiger partial charge in [0.1, 0.15) is 11.5 Å². The largest absolute Gasteiger partial charge is 0.457 e. The lowest BCUT2D eigenvalue weighted by molar-refractivity contribution is 0.436. The fourth-order valence-electron chi connectivity index (χ4n) is 9.21. The van der Waals surface area contributed by atoms with E-state index in [0.29, 0.717) is 17.5 Å². The Labute approximate surface area is 347 Å². The summed E-state index contributed by atoms with van der Waals surface area (Å²) in [5, 5.41) is 1.13. The van der Waals surface area contributed by atoms with Gasteiger partial charge < -0.3 is 4.74 Å². The number of nitrogens with zero attached hydrogens (tertiary/aromatic N) is 4. The van der Waals surface area contributed by atoms with Crippen molar-refractivity contribution in [3.8, 4) is 79.2 Å². The molecule has 0 amide bonds. The summed E-state index contributed by atoms with van der Waals surface area (Å²) in [7, 11) is 0. The van der Waals surface area contributed by atoms with Gasteiger partial charge in [0, 0.05) is 38.8 Å². The first kappa shape index (κ1) is 34.1. The maximum Gasteiger partial charge on any atom is 0.164 e. The molecule has 280 valence electrons. The van der Waals surface area contributed by atoms with Crippen LogP contribution < -0.4 is 4.74 Å². The van der Waals surface area contributed by atoms with E-state index in [9.17, 15) is 0 Å². The van der Waals surface area contributed by atoms with Gasteiger partial charge in [0.2, 0.25) is 0 Å². The van der Waals surface area contributed by atoms with Crippen molar-refractivity contribution in [2.24, 2.45) is 0 Å². The Balaban J connectivity index is 1.01. The van der Waals surface area contributed by atoms with Crippen LogP contribution in [0, 0.1) is 0 Å². The van der Waals surface area contributed by atoms with Crippen LogP contribution in [0.25, 0.3) is 78.6 Å². The summed E-state index contributed by atoms with van der Waals surface area (Å²) < 4.78 is 6.67. The molecule has 1 aliphatic heterocycles. The monoisotopic (exact) mass is 766 g/mol. The summed E-state index contributed by atoms with van der Waals surface area (Å²) in [4.78, 5) is 20.0. The SMILES string of the molecule is c1ccc(-c2nc(-c3ccccc3)nc(-c3ccc(-c4ccc5c(c4)C4(c6ccccc6Oc6ccccc64)c4cc(-c6ccc7ccccc7n6)ccc4-5)cc3)n2)cc1. The number of pyridine rings is 1. The Bertz CT molecular complexity index is 3190. The van der Waals surface area contributed by atoms with E-state index >= 15 is 0 Å². The van der Waals surface area contributed by atoms with E-state index in [1.165, 1.54) is 22.3 Å². The number of para-hydroxylation sites is 3. The van der Waals surface area contributed by atoms with Gasteiger partial charge in [0.05, 0.1) is 16.6 Å². The molecule has 0 saturated carbocycles. The van der Waals surface area contributed by atoms with E-state index in [4.69, 9.17) is 24.7 Å². The Kier molecular flexibility index (Phi) is 7.69. The van der Waals surface area contributed by atoms with Crippen LogP contribution in [0.2, 0.25) is 0 Å². The minimum absolute atomic E-state index is 0.629. The quantitative estimate of drug-likeness (QED) is 0.175. The molecular formula is C55H34N4O. The van der Waals surface area contributed by atoms with Crippen molar-refractivity contribution in [1.82, 2.24) is 19.9 Å². The van der Waals surface area contributed by atoms with E-state index in [-0.39, 0.29) is 0 Å². The molecule has 2 aromatic heterocycles. The van der Waals surface area contributed by atoms with Crippen molar-refractivity contribution in [3.63, 3.8) is 0 Å². The van der Waals surface area contributed by atoms with Gasteiger partial charge in [0.15, 0.2) is 17.5 Å². The number of aromatic nitrogens is 4. The molecule has 2 aliphatic rings. The van der Waals surface area contributed by atoms with Gasteiger partial charge in [-0.25, -0.2) is 19.9 Å². The molecule has 0 radical (unpaired) electrons. The first-order valence-electron chi connectivity index (χ1n) is 20.2. The molecule has 5 heteroatoms. The predicted molar refractivity (Wildman–Crippen MR) is 240 cm³/mol. The van der Waals surface area contributed by atoms with Crippen molar-refractivity contribution in [2.75, 3.05) is 0 Å². The molecule has 0 atom stereocenters. The van der Waals surface area contributed by atoms with Gasteiger partial charge in [-0.1, -0.05) is 170 Å². The summed E-state index contributed by atoms with van der Waals surface area (Å²) in [5.41, 5.74) is 14.5. The lowest BCUT2D eigenvalue weighted by Crippen LogP contribution is -2.32. The van der Waals surface area contributed by atoms with Crippen LogP contribution in [0.1, 0.15) is 22.3 Å². The highest BCUT2D eigenvalue weighted by Crippen LogP contribution is 2.62. The first-order chi connectivity index (χ1) is 29.7. The van der Waals surface area contributed by atoms with E-state index in [0.717, 1.165) is 72.6 Å². The molecule has 10 aromatic rings. The van der Waals surface area contributed by atoms with Crippen LogP contribution in [0.15, 0.2) is 206 Å². The second-order valence-electron chi connectivity index (χ2n) is 15.4. The average molecular weight is 767 g/mol. The maximum absolute atomic E-state index is 6.67. The van der Waals surface area contributed by atoms with Gasteiger partial charge in [0.25, 0.3) is 0 Å². The van der Waals surface area contributed by atoms with Crippen LogP contribution in [0.3, 0.4) is 0 Å². The zero-order valence-corrected chi connectivity index (χ0v) is 32.3. The van der Waals surface area contributed by atoms with Crippen molar-refractivity contribution in [1.29, 1.82) is 0 Å². The standard InChI is InChI=1S/C55H34N4O/c1-3-14-37(15-4-1)52-57-53(38-16-5-2-6-17-38)59-54(58-52)39-25-23-35(24-26-39)40-27-30-42-43-31-28-41(49-32-29-36-13-7-10-20-48(36)56-49)34-47(43)55(46(42)33-40)44-18-8-11-21-50(44)60-51-22-12-9-19-45(51)55/h1-34H. The molecule has 0 unspecified atom stereocenters. The molecule has 1 spiro atoms. The van der Waals surface area contributed by atoms with Gasteiger partial charge in [-0.05, 0) is 69.8 Å². The average Bonchev–Trinajstić information content (AvgIpc) is 3.61. The fraction of sp³-hybridized carbons (Fsp3) is 0.0182. The van der Waals surface area contributed by atoms with Crippen LogP contribution in [0.4, 0.5) is 0 Å². The Morgan fingerprint density at radius 2 is 0.783 bits per heavy atom. The topological polar surface area (TPSA) is 60.8 Å². The number of hydrogen-bond donors (Lipinski definition) is 0. The van der Waals surface area contributed by atoms with E-state index in [1.54, 1.807) is 0 Å². The number of ether oxygens (including phenoxy) is 1. The van der Waals surface area contributed by atoms with Crippen molar-refractivity contribution in [3.05, 3.63) is 229 Å². The number of benzene rings is 8. The van der Waals surface area contributed by atoms with Crippen LogP contribution >= 0.6 is 0 Å². The molecule has 0 bridgehead atoms. The molecule has 3 heterocycles. The third kappa shape index (κ3) is 5.33. The Hall–Kier alpha value is -8.02. The number of rotatable bonds is 5. The minimum atomic E-state index is -0.633.